The van der Waals surface area contributed by atoms with E-state index in [-0.39, 0.29) is 11.5 Å². The molecular formula is C13H18FN3O. The van der Waals surface area contributed by atoms with E-state index in [9.17, 15) is 9.18 Å². The summed E-state index contributed by atoms with van der Waals surface area (Å²) in [6, 6.07) is 4.85. The molecule has 0 aromatic heterocycles. The van der Waals surface area contributed by atoms with Crippen molar-refractivity contribution in [2.24, 2.45) is 0 Å². The molecule has 4 nitrogen and oxygen atoms in total. The van der Waals surface area contributed by atoms with Crippen LogP contribution in [0, 0.1) is 12.7 Å². The monoisotopic (exact) mass is 251 g/mol. The van der Waals surface area contributed by atoms with Gasteiger partial charge in [-0.05, 0) is 25.6 Å². The standard InChI is InChI=1S/C13H18FN3O/c1-10-4-3-5-11(12(10)14)13(18)15-17-8-6-16(2)7-9-17/h3-5H,6-9H2,1-2H3,(H,15,18). The fourth-order valence-electron chi connectivity index (χ4n) is 1.94. The molecule has 1 aliphatic rings. The third-order valence-electron chi connectivity index (χ3n) is 3.20. The Labute approximate surface area is 106 Å². The van der Waals surface area contributed by atoms with Gasteiger partial charge in [0.05, 0.1) is 5.56 Å². The minimum absolute atomic E-state index is 0.105. The van der Waals surface area contributed by atoms with Crippen LogP contribution in [0.2, 0.25) is 0 Å². The molecule has 0 radical (unpaired) electrons. The van der Waals surface area contributed by atoms with Gasteiger partial charge in [-0.15, -0.1) is 0 Å². The van der Waals surface area contributed by atoms with Crippen LogP contribution in [0.15, 0.2) is 18.2 Å². The first kappa shape index (κ1) is 13.0. The van der Waals surface area contributed by atoms with E-state index in [0.717, 1.165) is 26.2 Å². The molecule has 1 heterocycles. The molecule has 1 amide bonds. The third kappa shape index (κ3) is 2.86. The van der Waals surface area contributed by atoms with Gasteiger partial charge in [-0.2, -0.15) is 0 Å². The predicted octanol–water partition coefficient (Wildman–Crippen LogP) is 1.03. The van der Waals surface area contributed by atoms with Crippen LogP contribution in [-0.4, -0.2) is 49.0 Å². The van der Waals surface area contributed by atoms with Crippen LogP contribution >= 0.6 is 0 Å². The lowest BCUT2D eigenvalue weighted by molar-refractivity contribution is 0.0658. The zero-order valence-electron chi connectivity index (χ0n) is 10.7. The molecule has 1 aromatic rings. The Kier molecular flexibility index (Phi) is 3.93. The number of likely N-dealkylation sites (N-methyl/N-ethyl adjacent to an activating group) is 1. The van der Waals surface area contributed by atoms with Crippen molar-refractivity contribution >= 4 is 5.91 Å². The summed E-state index contributed by atoms with van der Waals surface area (Å²) in [5, 5.41) is 1.84. The molecular weight excluding hydrogens is 233 g/mol. The third-order valence-corrected chi connectivity index (χ3v) is 3.20. The first-order valence-corrected chi connectivity index (χ1v) is 6.07. The number of amides is 1. The molecule has 1 N–H and O–H groups in total. The van der Waals surface area contributed by atoms with Crippen molar-refractivity contribution in [3.63, 3.8) is 0 Å². The van der Waals surface area contributed by atoms with Gasteiger partial charge in [-0.3, -0.25) is 10.2 Å². The minimum Gasteiger partial charge on any atom is -0.304 e. The molecule has 18 heavy (non-hydrogen) atoms. The molecule has 0 saturated carbocycles. The normalized spacial score (nSPS) is 17.7. The summed E-state index contributed by atoms with van der Waals surface area (Å²) in [6.45, 7) is 4.97. The first-order chi connectivity index (χ1) is 8.58. The maximum Gasteiger partial charge on any atom is 0.268 e. The zero-order valence-corrected chi connectivity index (χ0v) is 10.7. The summed E-state index contributed by atoms with van der Waals surface area (Å²) >= 11 is 0. The molecule has 1 aliphatic heterocycles. The Morgan fingerprint density at radius 3 is 2.61 bits per heavy atom. The summed E-state index contributed by atoms with van der Waals surface area (Å²) in [5.74, 6) is -0.815. The predicted molar refractivity (Wildman–Crippen MR) is 67.7 cm³/mol. The van der Waals surface area contributed by atoms with Crippen molar-refractivity contribution < 1.29 is 9.18 Å². The molecule has 0 unspecified atom stereocenters. The van der Waals surface area contributed by atoms with Crippen molar-refractivity contribution in [2.45, 2.75) is 6.92 Å². The number of hydrogen-bond acceptors (Lipinski definition) is 3. The summed E-state index contributed by atoms with van der Waals surface area (Å²) in [5.41, 5.74) is 3.34. The van der Waals surface area contributed by atoms with E-state index < -0.39 is 5.82 Å². The summed E-state index contributed by atoms with van der Waals surface area (Å²) in [4.78, 5) is 14.2. The number of piperazine rings is 1. The van der Waals surface area contributed by atoms with Crippen molar-refractivity contribution in [2.75, 3.05) is 33.2 Å². The second kappa shape index (κ2) is 5.46. The highest BCUT2D eigenvalue weighted by molar-refractivity contribution is 5.94. The lowest BCUT2D eigenvalue weighted by Gasteiger charge is -2.32. The van der Waals surface area contributed by atoms with Crippen molar-refractivity contribution in [1.82, 2.24) is 15.3 Å². The zero-order chi connectivity index (χ0) is 13.1. The van der Waals surface area contributed by atoms with Crippen LogP contribution in [-0.2, 0) is 0 Å². The number of hydrazine groups is 1. The van der Waals surface area contributed by atoms with Crippen molar-refractivity contribution in [1.29, 1.82) is 0 Å². The van der Waals surface area contributed by atoms with Gasteiger partial charge < -0.3 is 4.90 Å². The molecule has 2 rings (SSSR count). The molecule has 0 aliphatic carbocycles. The fraction of sp³-hybridized carbons (Fsp3) is 0.462. The van der Waals surface area contributed by atoms with Gasteiger partial charge in [0.25, 0.3) is 5.91 Å². The largest absolute Gasteiger partial charge is 0.304 e. The number of nitrogens with zero attached hydrogens (tertiary/aromatic N) is 2. The number of carbonyl (C=O) groups is 1. The van der Waals surface area contributed by atoms with E-state index in [1.807, 2.05) is 12.1 Å². The Bertz CT molecular complexity index is 442. The van der Waals surface area contributed by atoms with E-state index in [1.165, 1.54) is 6.07 Å². The van der Waals surface area contributed by atoms with Crippen LogP contribution < -0.4 is 5.43 Å². The summed E-state index contributed by atoms with van der Waals surface area (Å²) < 4.78 is 13.8. The Morgan fingerprint density at radius 1 is 1.28 bits per heavy atom. The van der Waals surface area contributed by atoms with E-state index in [0.29, 0.717) is 5.56 Å². The van der Waals surface area contributed by atoms with Gasteiger partial charge in [0.2, 0.25) is 0 Å². The van der Waals surface area contributed by atoms with Crippen molar-refractivity contribution in [3.05, 3.63) is 35.1 Å². The molecule has 0 atom stereocenters. The lowest BCUT2D eigenvalue weighted by atomic mass is 10.1. The van der Waals surface area contributed by atoms with Crippen LogP contribution in [0.3, 0.4) is 0 Å². The highest BCUT2D eigenvalue weighted by Gasteiger charge is 2.18. The quantitative estimate of drug-likeness (QED) is 0.852. The van der Waals surface area contributed by atoms with E-state index >= 15 is 0 Å². The highest BCUT2D eigenvalue weighted by atomic mass is 19.1. The van der Waals surface area contributed by atoms with Crippen LogP contribution in [0.1, 0.15) is 15.9 Å². The number of halogens is 1. The number of benzene rings is 1. The number of hydrogen-bond donors (Lipinski definition) is 1. The molecule has 1 fully saturated rings. The maximum atomic E-state index is 13.8. The van der Waals surface area contributed by atoms with E-state index in [2.05, 4.69) is 10.3 Å². The van der Waals surface area contributed by atoms with E-state index in [1.54, 1.807) is 19.1 Å². The van der Waals surface area contributed by atoms with Gasteiger partial charge in [0, 0.05) is 26.2 Å². The van der Waals surface area contributed by atoms with Crippen molar-refractivity contribution in [3.8, 4) is 0 Å². The number of rotatable bonds is 2. The smallest absolute Gasteiger partial charge is 0.268 e. The summed E-state index contributed by atoms with van der Waals surface area (Å²) in [6.07, 6.45) is 0. The minimum atomic E-state index is -0.441. The molecule has 0 spiro atoms. The maximum absolute atomic E-state index is 13.8. The molecule has 98 valence electrons. The fourth-order valence-corrected chi connectivity index (χ4v) is 1.94. The van der Waals surface area contributed by atoms with Gasteiger partial charge in [0.1, 0.15) is 5.82 Å². The van der Waals surface area contributed by atoms with Gasteiger partial charge in [0.15, 0.2) is 0 Å². The SMILES string of the molecule is Cc1cccc(C(=O)NN2CCN(C)CC2)c1F. The number of carbonyl (C=O) groups excluding carboxylic acids is 1. The average molecular weight is 251 g/mol. The Hall–Kier alpha value is -1.46. The molecule has 1 saturated heterocycles. The number of nitrogens with one attached hydrogen (secondary N) is 1. The highest BCUT2D eigenvalue weighted by Crippen LogP contribution is 2.12. The van der Waals surface area contributed by atoms with E-state index in [4.69, 9.17) is 0 Å². The topological polar surface area (TPSA) is 35.6 Å². The van der Waals surface area contributed by atoms with Crippen LogP contribution in [0.5, 0.6) is 0 Å². The lowest BCUT2D eigenvalue weighted by Crippen LogP contribution is -2.52. The van der Waals surface area contributed by atoms with Crippen LogP contribution in [0.4, 0.5) is 4.39 Å². The molecule has 5 heteroatoms. The second-order valence-corrected chi connectivity index (χ2v) is 4.67. The van der Waals surface area contributed by atoms with Crippen LogP contribution in [0.25, 0.3) is 0 Å². The number of aryl methyl sites for hydroxylation is 1. The van der Waals surface area contributed by atoms with Gasteiger partial charge >= 0.3 is 0 Å². The first-order valence-electron chi connectivity index (χ1n) is 6.07. The Balaban J connectivity index is 2.01. The average Bonchev–Trinajstić information content (AvgIpc) is 2.35. The summed E-state index contributed by atoms with van der Waals surface area (Å²) in [7, 11) is 2.04. The van der Waals surface area contributed by atoms with Gasteiger partial charge in [-0.25, -0.2) is 9.40 Å². The molecule has 0 bridgehead atoms. The molecule has 1 aromatic carbocycles. The Morgan fingerprint density at radius 2 is 1.94 bits per heavy atom. The van der Waals surface area contributed by atoms with Gasteiger partial charge in [-0.1, -0.05) is 12.1 Å². The second-order valence-electron chi connectivity index (χ2n) is 4.67.